The monoisotopic (exact) mass is 239 g/mol. The van der Waals surface area contributed by atoms with Crippen molar-refractivity contribution in [3.8, 4) is 0 Å². The average Bonchev–Trinajstić information content (AvgIpc) is 2.46. The lowest BCUT2D eigenvalue weighted by Gasteiger charge is -2.25. The molecule has 3 nitrogen and oxygen atoms in total. The molecule has 0 amide bonds. The fourth-order valence-corrected chi connectivity index (χ4v) is 2.55. The molecule has 2 aromatic rings. The molecule has 0 fully saturated rings. The molecule has 0 saturated heterocycles. The molecule has 18 heavy (non-hydrogen) atoms. The van der Waals surface area contributed by atoms with Crippen LogP contribution in [-0.2, 0) is 13.0 Å². The molecule has 0 bridgehead atoms. The van der Waals surface area contributed by atoms with Crippen molar-refractivity contribution in [2.24, 2.45) is 0 Å². The number of pyridine rings is 2. The van der Waals surface area contributed by atoms with Gasteiger partial charge in [-0.3, -0.25) is 9.97 Å². The van der Waals surface area contributed by atoms with E-state index in [-0.39, 0.29) is 0 Å². The highest BCUT2D eigenvalue weighted by molar-refractivity contribution is 5.25. The summed E-state index contributed by atoms with van der Waals surface area (Å²) in [7, 11) is 0. The lowest BCUT2D eigenvalue weighted by Crippen LogP contribution is -2.25. The van der Waals surface area contributed by atoms with Gasteiger partial charge in [-0.2, -0.15) is 0 Å². The van der Waals surface area contributed by atoms with Crippen LogP contribution >= 0.6 is 0 Å². The first kappa shape index (κ1) is 11.4. The molecule has 1 unspecified atom stereocenters. The maximum Gasteiger partial charge on any atom is 0.0605 e. The second-order valence-corrected chi connectivity index (χ2v) is 4.73. The molecule has 2 heterocycles. The molecule has 1 aliphatic rings. The SMILES string of the molecule is c1cnc2c(c1)CCCC2NCc1ccncc1. The Labute approximate surface area is 107 Å². The summed E-state index contributed by atoms with van der Waals surface area (Å²) in [4.78, 5) is 8.57. The van der Waals surface area contributed by atoms with Crippen LogP contribution in [0.15, 0.2) is 42.9 Å². The number of nitrogens with zero attached hydrogens (tertiary/aromatic N) is 2. The van der Waals surface area contributed by atoms with Crippen LogP contribution in [0.5, 0.6) is 0 Å². The zero-order chi connectivity index (χ0) is 12.2. The van der Waals surface area contributed by atoms with Crippen molar-refractivity contribution in [2.75, 3.05) is 0 Å². The van der Waals surface area contributed by atoms with Gasteiger partial charge in [0.25, 0.3) is 0 Å². The van der Waals surface area contributed by atoms with Crippen LogP contribution in [0.25, 0.3) is 0 Å². The zero-order valence-electron chi connectivity index (χ0n) is 10.3. The van der Waals surface area contributed by atoms with E-state index in [0.29, 0.717) is 6.04 Å². The summed E-state index contributed by atoms with van der Waals surface area (Å²) in [6.07, 6.45) is 9.15. The van der Waals surface area contributed by atoms with E-state index in [4.69, 9.17) is 0 Å². The van der Waals surface area contributed by atoms with Crippen molar-refractivity contribution in [3.63, 3.8) is 0 Å². The zero-order valence-corrected chi connectivity index (χ0v) is 10.3. The Kier molecular flexibility index (Phi) is 3.33. The minimum Gasteiger partial charge on any atom is -0.305 e. The van der Waals surface area contributed by atoms with E-state index in [1.165, 1.54) is 29.7 Å². The van der Waals surface area contributed by atoms with E-state index in [1.807, 2.05) is 24.7 Å². The fraction of sp³-hybridized carbons (Fsp3) is 0.333. The van der Waals surface area contributed by atoms with Crippen LogP contribution in [0.3, 0.4) is 0 Å². The molecule has 1 aliphatic carbocycles. The second-order valence-electron chi connectivity index (χ2n) is 4.73. The predicted octanol–water partition coefficient (Wildman–Crippen LogP) is 2.64. The number of fused-ring (bicyclic) bond motifs is 1. The van der Waals surface area contributed by atoms with Crippen molar-refractivity contribution < 1.29 is 0 Å². The van der Waals surface area contributed by atoms with Gasteiger partial charge >= 0.3 is 0 Å². The quantitative estimate of drug-likeness (QED) is 0.894. The van der Waals surface area contributed by atoms with Crippen LogP contribution in [0.1, 0.15) is 35.7 Å². The highest BCUT2D eigenvalue weighted by atomic mass is 14.9. The van der Waals surface area contributed by atoms with E-state index in [0.717, 1.165) is 13.0 Å². The van der Waals surface area contributed by atoms with Gasteiger partial charge in [-0.15, -0.1) is 0 Å². The summed E-state index contributed by atoms with van der Waals surface area (Å²) in [5, 5.41) is 3.60. The summed E-state index contributed by atoms with van der Waals surface area (Å²) in [6, 6.07) is 8.72. The van der Waals surface area contributed by atoms with Crippen LogP contribution in [0, 0.1) is 0 Å². The van der Waals surface area contributed by atoms with E-state index in [2.05, 4.69) is 33.5 Å². The number of aryl methyl sites for hydroxylation is 1. The topological polar surface area (TPSA) is 37.8 Å². The molecule has 0 aromatic carbocycles. The average molecular weight is 239 g/mol. The summed E-state index contributed by atoms with van der Waals surface area (Å²) in [5.41, 5.74) is 3.90. The Hall–Kier alpha value is -1.74. The summed E-state index contributed by atoms with van der Waals surface area (Å²) in [6.45, 7) is 0.878. The first-order valence-electron chi connectivity index (χ1n) is 6.49. The first-order chi connectivity index (χ1) is 8.93. The Morgan fingerprint density at radius 2 is 2.06 bits per heavy atom. The molecule has 0 saturated carbocycles. The molecule has 0 radical (unpaired) electrons. The van der Waals surface area contributed by atoms with Gasteiger partial charge in [-0.05, 0) is 48.6 Å². The van der Waals surface area contributed by atoms with Gasteiger partial charge in [0.05, 0.1) is 11.7 Å². The van der Waals surface area contributed by atoms with Crippen LogP contribution < -0.4 is 5.32 Å². The van der Waals surface area contributed by atoms with E-state index in [9.17, 15) is 0 Å². The Morgan fingerprint density at radius 3 is 2.94 bits per heavy atom. The highest BCUT2D eigenvalue weighted by Gasteiger charge is 2.20. The molecular formula is C15H17N3. The molecular weight excluding hydrogens is 222 g/mol. The van der Waals surface area contributed by atoms with Gasteiger partial charge in [-0.25, -0.2) is 0 Å². The lowest BCUT2D eigenvalue weighted by atomic mass is 9.92. The maximum absolute atomic E-state index is 4.54. The molecule has 1 N–H and O–H groups in total. The molecule has 0 aliphatic heterocycles. The van der Waals surface area contributed by atoms with Gasteiger partial charge in [-0.1, -0.05) is 6.07 Å². The highest BCUT2D eigenvalue weighted by Crippen LogP contribution is 2.27. The first-order valence-corrected chi connectivity index (χ1v) is 6.49. The van der Waals surface area contributed by atoms with Crippen LogP contribution in [0.4, 0.5) is 0 Å². The van der Waals surface area contributed by atoms with Crippen LogP contribution in [-0.4, -0.2) is 9.97 Å². The number of hydrogen-bond acceptors (Lipinski definition) is 3. The molecule has 3 heteroatoms. The molecule has 0 spiro atoms. The second kappa shape index (κ2) is 5.27. The van der Waals surface area contributed by atoms with E-state index < -0.39 is 0 Å². The third-order valence-corrected chi connectivity index (χ3v) is 3.50. The number of nitrogens with one attached hydrogen (secondary N) is 1. The standard InChI is InChI=1S/C15H17N3/c1-3-13-4-2-8-17-15(13)14(5-1)18-11-12-6-9-16-10-7-12/h2,4,6-10,14,18H,1,3,5,11H2. The minimum atomic E-state index is 0.392. The summed E-state index contributed by atoms with van der Waals surface area (Å²) in [5.74, 6) is 0. The van der Waals surface area contributed by atoms with E-state index in [1.54, 1.807) is 0 Å². The Bertz CT molecular complexity index is 510. The number of rotatable bonds is 3. The largest absolute Gasteiger partial charge is 0.305 e. The smallest absolute Gasteiger partial charge is 0.0605 e. The van der Waals surface area contributed by atoms with Crippen molar-refractivity contribution in [3.05, 3.63) is 59.7 Å². The molecule has 92 valence electrons. The molecule has 3 rings (SSSR count). The maximum atomic E-state index is 4.54. The fourth-order valence-electron chi connectivity index (χ4n) is 2.55. The molecule has 2 aromatic heterocycles. The van der Waals surface area contributed by atoms with Gasteiger partial charge < -0.3 is 5.32 Å². The Morgan fingerprint density at radius 1 is 1.17 bits per heavy atom. The third-order valence-electron chi connectivity index (χ3n) is 3.50. The Balaban J connectivity index is 1.71. The normalized spacial score (nSPS) is 18.3. The van der Waals surface area contributed by atoms with E-state index >= 15 is 0 Å². The van der Waals surface area contributed by atoms with Crippen molar-refractivity contribution in [2.45, 2.75) is 31.8 Å². The number of aromatic nitrogens is 2. The lowest BCUT2D eigenvalue weighted by molar-refractivity contribution is 0.447. The van der Waals surface area contributed by atoms with Crippen LogP contribution in [0.2, 0.25) is 0 Å². The van der Waals surface area contributed by atoms with Gasteiger partial charge in [0.1, 0.15) is 0 Å². The minimum absolute atomic E-state index is 0.392. The molecule has 1 atom stereocenters. The number of hydrogen-bond donors (Lipinski definition) is 1. The van der Waals surface area contributed by atoms with Crippen molar-refractivity contribution >= 4 is 0 Å². The summed E-state index contributed by atoms with van der Waals surface area (Å²) < 4.78 is 0. The summed E-state index contributed by atoms with van der Waals surface area (Å²) >= 11 is 0. The van der Waals surface area contributed by atoms with Crippen molar-refractivity contribution in [1.82, 2.24) is 15.3 Å². The predicted molar refractivity (Wildman–Crippen MR) is 71.0 cm³/mol. The van der Waals surface area contributed by atoms with Crippen molar-refractivity contribution in [1.29, 1.82) is 0 Å². The third kappa shape index (κ3) is 2.41. The van der Waals surface area contributed by atoms with Gasteiger partial charge in [0.15, 0.2) is 0 Å². The van der Waals surface area contributed by atoms with Gasteiger partial charge in [0, 0.05) is 25.1 Å². The van der Waals surface area contributed by atoms with Gasteiger partial charge in [0.2, 0.25) is 0 Å².